The van der Waals surface area contributed by atoms with Crippen molar-refractivity contribution in [2.24, 2.45) is 0 Å². The lowest BCUT2D eigenvalue weighted by atomic mass is 9.76. The van der Waals surface area contributed by atoms with Crippen LogP contribution in [0.5, 0.6) is 0 Å². The molecule has 0 aromatic carbocycles. The smallest absolute Gasteiger partial charge is 0.410 e. The number of pyridine rings is 1. The summed E-state index contributed by atoms with van der Waals surface area (Å²) in [5.41, 5.74) is 0.455. The Bertz CT molecular complexity index is 1200. The van der Waals surface area contributed by atoms with Gasteiger partial charge >= 0.3 is 6.09 Å². The number of aromatic amines is 1. The van der Waals surface area contributed by atoms with Gasteiger partial charge in [0.2, 0.25) is 0 Å². The molecule has 174 valence electrons. The van der Waals surface area contributed by atoms with Crippen molar-refractivity contribution in [2.75, 3.05) is 11.9 Å². The molecule has 33 heavy (non-hydrogen) atoms. The molecule has 8 nitrogen and oxygen atoms in total. The van der Waals surface area contributed by atoms with Crippen LogP contribution in [0.15, 0.2) is 24.7 Å². The number of amides is 1. The number of likely N-dealkylation sites (N-methyl/N-ethyl adjacent to an activating group) is 1. The fraction of sp³-hybridized carbons (Fsp3) is 0.478. The van der Waals surface area contributed by atoms with Crippen LogP contribution in [0.2, 0.25) is 0 Å². The highest BCUT2D eigenvalue weighted by molar-refractivity contribution is 5.91. The molecular formula is C23H26F2N6O2. The first-order valence-electron chi connectivity index (χ1n) is 11.4. The minimum Gasteiger partial charge on any atom is -0.441 e. The lowest BCUT2D eigenvalue weighted by Crippen LogP contribution is -2.50. The van der Waals surface area contributed by atoms with Gasteiger partial charge in [-0.15, -0.1) is 0 Å². The summed E-state index contributed by atoms with van der Waals surface area (Å²) in [6.45, 7) is 4.61. The number of hydrogen-bond donors (Lipinski definition) is 2. The molecule has 1 saturated carbocycles. The zero-order valence-electron chi connectivity index (χ0n) is 18.6. The van der Waals surface area contributed by atoms with Gasteiger partial charge in [0.05, 0.1) is 18.4 Å². The molecule has 2 fully saturated rings. The van der Waals surface area contributed by atoms with Gasteiger partial charge in [-0.2, -0.15) is 0 Å². The quantitative estimate of drug-likeness (QED) is 0.581. The van der Waals surface area contributed by atoms with Gasteiger partial charge in [0, 0.05) is 36.2 Å². The first-order chi connectivity index (χ1) is 15.9. The summed E-state index contributed by atoms with van der Waals surface area (Å²) in [7, 11) is 0. The van der Waals surface area contributed by atoms with Crippen molar-refractivity contribution >= 4 is 22.9 Å². The molecule has 1 aliphatic heterocycles. The number of hydrogen-bond acceptors (Lipinski definition) is 6. The Hall–Kier alpha value is -3.30. The Kier molecular flexibility index (Phi) is 5.38. The Labute approximate surface area is 189 Å². The van der Waals surface area contributed by atoms with Gasteiger partial charge in [0.25, 0.3) is 0 Å². The van der Waals surface area contributed by atoms with Gasteiger partial charge in [-0.05, 0) is 38.7 Å². The van der Waals surface area contributed by atoms with Gasteiger partial charge in [0.1, 0.15) is 17.1 Å². The summed E-state index contributed by atoms with van der Waals surface area (Å²) in [5.74, 6) is -0.716. The van der Waals surface area contributed by atoms with Crippen molar-refractivity contribution in [3.05, 3.63) is 36.3 Å². The fourth-order valence-electron chi connectivity index (χ4n) is 5.40. The van der Waals surface area contributed by atoms with Crippen molar-refractivity contribution in [2.45, 2.75) is 63.6 Å². The minimum atomic E-state index is -0.579. The van der Waals surface area contributed by atoms with E-state index in [9.17, 15) is 13.6 Å². The molecule has 2 aliphatic rings. The molecule has 0 bridgehead atoms. The van der Waals surface area contributed by atoms with Crippen molar-refractivity contribution in [1.82, 2.24) is 24.8 Å². The number of carbonyl (C=O) groups excluding carboxylic acids is 1. The zero-order valence-corrected chi connectivity index (χ0v) is 18.6. The Balaban J connectivity index is 1.42. The van der Waals surface area contributed by atoms with Crippen LogP contribution in [0.3, 0.4) is 0 Å². The van der Waals surface area contributed by atoms with E-state index in [4.69, 9.17) is 4.74 Å². The topological polar surface area (TPSA) is 96.0 Å². The number of carbonyl (C=O) groups is 1. The van der Waals surface area contributed by atoms with E-state index in [1.54, 1.807) is 11.1 Å². The van der Waals surface area contributed by atoms with Gasteiger partial charge in [-0.1, -0.05) is 6.92 Å². The number of anilines is 1. The number of nitrogens with zero attached hydrogens (tertiary/aromatic N) is 4. The fourth-order valence-corrected chi connectivity index (χ4v) is 5.40. The molecule has 1 spiro atoms. The Morgan fingerprint density at radius 3 is 2.94 bits per heavy atom. The van der Waals surface area contributed by atoms with E-state index in [1.807, 2.05) is 6.92 Å². The number of nitrogens with one attached hydrogen (secondary N) is 2. The summed E-state index contributed by atoms with van der Waals surface area (Å²) in [5, 5.41) is 3.74. The average molecular weight is 456 g/mol. The van der Waals surface area contributed by atoms with Crippen LogP contribution in [-0.4, -0.2) is 55.2 Å². The second-order valence-electron chi connectivity index (χ2n) is 8.72. The highest BCUT2D eigenvalue weighted by atomic mass is 19.1. The number of aromatic nitrogens is 4. The largest absolute Gasteiger partial charge is 0.441 e. The number of ether oxygens (including phenoxy) is 1. The predicted octanol–water partition coefficient (Wildman–Crippen LogP) is 4.64. The molecule has 3 aromatic heterocycles. The molecule has 2 N–H and O–H groups in total. The van der Waals surface area contributed by atoms with E-state index < -0.39 is 17.2 Å². The standard InChI is InChI=1S/C23H26F2N6O2/c1-3-18-23(33-22(32)31(18)4-2)7-5-6-14(9-23)29-21-17(25)12-28-20(30-21)16-11-27-19-15(16)8-13(24)10-26-19/h8,10-12,14,18H,3-7,9H2,1-2H3,(H,26,27)(H,28,29,30)/t14-,18-,23+/m0/s1. The van der Waals surface area contributed by atoms with Crippen molar-refractivity contribution in [3.63, 3.8) is 0 Å². The first kappa shape index (κ1) is 21.5. The lowest BCUT2D eigenvalue weighted by molar-refractivity contribution is -0.00285. The molecule has 1 aliphatic carbocycles. The van der Waals surface area contributed by atoms with E-state index in [2.05, 4.69) is 32.2 Å². The van der Waals surface area contributed by atoms with Gasteiger partial charge in [-0.3, -0.25) is 0 Å². The number of fused-ring (bicyclic) bond motifs is 1. The van der Waals surface area contributed by atoms with Crippen LogP contribution in [0.4, 0.5) is 19.4 Å². The van der Waals surface area contributed by atoms with Crippen molar-refractivity contribution < 1.29 is 18.3 Å². The molecule has 1 saturated heterocycles. The van der Waals surface area contributed by atoms with E-state index in [1.165, 1.54) is 6.07 Å². The molecule has 0 radical (unpaired) electrons. The number of rotatable bonds is 5. The SMILES string of the molecule is CC[C@@H]1N(CC)C(=O)O[C@@]12CCC[C@H](Nc1nc(-c3c[nH]c4ncc(F)cc34)ncc1F)C2. The molecule has 5 rings (SSSR count). The first-order valence-corrected chi connectivity index (χ1v) is 11.4. The summed E-state index contributed by atoms with van der Waals surface area (Å²) in [6, 6.07) is 1.23. The van der Waals surface area contributed by atoms with Crippen LogP contribution in [-0.2, 0) is 4.74 Å². The van der Waals surface area contributed by atoms with E-state index in [0.29, 0.717) is 29.6 Å². The van der Waals surface area contributed by atoms with Gasteiger partial charge < -0.3 is 19.9 Å². The summed E-state index contributed by atoms with van der Waals surface area (Å²) in [6.07, 6.45) is 7.41. The molecular weight excluding hydrogens is 430 g/mol. The Morgan fingerprint density at radius 2 is 2.15 bits per heavy atom. The third-order valence-electron chi connectivity index (χ3n) is 6.80. The van der Waals surface area contributed by atoms with Crippen LogP contribution in [0, 0.1) is 11.6 Å². The van der Waals surface area contributed by atoms with Crippen LogP contribution in [0.25, 0.3) is 22.4 Å². The second-order valence-corrected chi connectivity index (χ2v) is 8.72. The van der Waals surface area contributed by atoms with Gasteiger partial charge in [0.15, 0.2) is 17.5 Å². The molecule has 1 amide bonds. The number of halogens is 2. The summed E-state index contributed by atoms with van der Waals surface area (Å²) >= 11 is 0. The van der Waals surface area contributed by atoms with Crippen molar-refractivity contribution in [3.8, 4) is 11.4 Å². The minimum absolute atomic E-state index is 0.000904. The summed E-state index contributed by atoms with van der Waals surface area (Å²) in [4.78, 5) is 29.7. The molecule has 4 heterocycles. The number of H-pyrrole nitrogens is 1. The Morgan fingerprint density at radius 1 is 1.30 bits per heavy atom. The highest BCUT2D eigenvalue weighted by Gasteiger charge is 2.54. The maximum absolute atomic E-state index is 14.7. The highest BCUT2D eigenvalue weighted by Crippen LogP contribution is 2.43. The molecule has 10 heteroatoms. The second kappa shape index (κ2) is 8.24. The van der Waals surface area contributed by atoms with Crippen LogP contribution in [0.1, 0.15) is 46.0 Å². The maximum atomic E-state index is 14.7. The maximum Gasteiger partial charge on any atom is 0.410 e. The summed E-state index contributed by atoms with van der Waals surface area (Å²) < 4.78 is 34.3. The molecule has 0 unspecified atom stereocenters. The van der Waals surface area contributed by atoms with Crippen LogP contribution >= 0.6 is 0 Å². The predicted molar refractivity (Wildman–Crippen MR) is 119 cm³/mol. The van der Waals surface area contributed by atoms with E-state index >= 15 is 0 Å². The van der Waals surface area contributed by atoms with Crippen LogP contribution < -0.4 is 5.32 Å². The molecule has 3 aromatic rings. The normalized spacial score (nSPS) is 25.1. The third kappa shape index (κ3) is 3.67. The third-order valence-corrected chi connectivity index (χ3v) is 6.80. The van der Waals surface area contributed by atoms with Gasteiger partial charge in [-0.25, -0.2) is 28.5 Å². The van der Waals surface area contributed by atoms with Crippen molar-refractivity contribution in [1.29, 1.82) is 0 Å². The lowest BCUT2D eigenvalue weighted by Gasteiger charge is -2.41. The monoisotopic (exact) mass is 456 g/mol. The van der Waals surface area contributed by atoms with E-state index in [0.717, 1.165) is 38.1 Å². The zero-order chi connectivity index (χ0) is 23.2. The van der Waals surface area contributed by atoms with E-state index in [-0.39, 0.29) is 29.8 Å². The average Bonchev–Trinajstić information content (AvgIpc) is 3.32. The molecule has 3 atom stereocenters.